The molecule has 2 N–H and O–H groups in total. The molecule has 1 fully saturated rings. The summed E-state index contributed by atoms with van der Waals surface area (Å²) in [6.45, 7) is 0.509. The maximum Gasteiger partial charge on any atom is 0.422 e. The number of aryl methyl sites for hydroxylation is 2. The molecule has 4 rings (SSSR count). The van der Waals surface area contributed by atoms with E-state index in [1.165, 1.54) is 12.3 Å². The van der Waals surface area contributed by atoms with Crippen LogP contribution >= 0.6 is 0 Å². The standard InChI is InChI=1S/C23H26F3N7O4/c1-13-18(37-15-5-3-4-14(10-15)21(34)35)7-6-16(29-13)20-17(33(2)32-31-20)11-28-22-27-9-8-19(30-22)36-12-23(24,25)26/h6-9,14-15H,3-5,10-12H2,1-2H3,(H,34,35)(H,27,28,30)/t14-,15-/m0/s1. The molecule has 3 aromatic heterocycles. The van der Waals surface area contributed by atoms with Crippen LogP contribution in [-0.2, 0) is 18.4 Å². The van der Waals surface area contributed by atoms with Gasteiger partial charge in [-0.1, -0.05) is 5.21 Å². The third-order valence-corrected chi connectivity index (χ3v) is 5.92. The number of anilines is 1. The maximum absolute atomic E-state index is 12.4. The van der Waals surface area contributed by atoms with Gasteiger partial charge in [0.1, 0.15) is 11.4 Å². The summed E-state index contributed by atoms with van der Waals surface area (Å²) in [7, 11) is 1.70. The number of rotatable bonds is 9. The highest BCUT2D eigenvalue weighted by atomic mass is 19.4. The van der Waals surface area contributed by atoms with E-state index < -0.39 is 24.7 Å². The van der Waals surface area contributed by atoms with Gasteiger partial charge in [-0.2, -0.15) is 18.2 Å². The predicted octanol–water partition coefficient (Wildman–Crippen LogP) is 3.55. The Morgan fingerprint density at radius 2 is 2.05 bits per heavy atom. The maximum atomic E-state index is 12.4. The number of carboxylic acids is 1. The molecule has 37 heavy (non-hydrogen) atoms. The van der Waals surface area contributed by atoms with Crippen LogP contribution in [0.5, 0.6) is 11.6 Å². The number of ether oxygens (including phenoxy) is 2. The van der Waals surface area contributed by atoms with Crippen molar-refractivity contribution in [2.75, 3.05) is 11.9 Å². The smallest absolute Gasteiger partial charge is 0.422 e. The Kier molecular flexibility index (Phi) is 7.74. The number of hydrogen-bond donors (Lipinski definition) is 2. The molecular weight excluding hydrogens is 495 g/mol. The quantitative estimate of drug-likeness (QED) is 0.430. The van der Waals surface area contributed by atoms with Crippen molar-refractivity contribution in [2.45, 2.75) is 51.4 Å². The van der Waals surface area contributed by atoms with Crippen LogP contribution in [0.1, 0.15) is 37.1 Å². The van der Waals surface area contributed by atoms with Gasteiger partial charge in [-0.3, -0.25) is 4.79 Å². The van der Waals surface area contributed by atoms with E-state index in [1.54, 1.807) is 30.8 Å². The predicted molar refractivity (Wildman–Crippen MR) is 124 cm³/mol. The Bertz CT molecular complexity index is 1250. The van der Waals surface area contributed by atoms with E-state index >= 15 is 0 Å². The molecule has 0 spiro atoms. The summed E-state index contributed by atoms with van der Waals surface area (Å²) in [6, 6.07) is 4.76. The van der Waals surface area contributed by atoms with Crippen LogP contribution in [0.25, 0.3) is 11.4 Å². The van der Waals surface area contributed by atoms with Crippen molar-refractivity contribution in [1.29, 1.82) is 0 Å². The lowest BCUT2D eigenvalue weighted by Crippen LogP contribution is -2.29. The first-order valence-electron chi connectivity index (χ1n) is 11.6. The van der Waals surface area contributed by atoms with Gasteiger partial charge in [0.05, 0.1) is 35.6 Å². The van der Waals surface area contributed by atoms with Crippen molar-refractivity contribution in [3.05, 3.63) is 35.8 Å². The number of hydrogen-bond acceptors (Lipinski definition) is 9. The Hall–Kier alpha value is -3.97. The molecule has 0 aliphatic heterocycles. The number of nitrogens with one attached hydrogen (secondary N) is 1. The molecule has 198 valence electrons. The number of aromatic nitrogens is 6. The molecule has 3 aromatic rings. The van der Waals surface area contributed by atoms with Crippen molar-refractivity contribution in [3.8, 4) is 23.0 Å². The highest BCUT2D eigenvalue weighted by Crippen LogP contribution is 2.30. The van der Waals surface area contributed by atoms with Gasteiger partial charge in [-0.25, -0.2) is 14.6 Å². The van der Waals surface area contributed by atoms with E-state index in [2.05, 4.69) is 35.3 Å². The van der Waals surface area contributed by atoms with Gasteiger partial charge in [-0.15, -0.1) is 5.10 Å². The third-order valence-electron chi connectivity index (χ3n) is 5.92. The zero-order valence-electron chi connectivity index (χ0n) is 20.2. The minimum Gasteiger partial charge on any atom is -0.489 e. The second-order valence-electron chi connectivity index (χ2n) is 8.71. The molecular formula is C23H26F3N7O4. The fraction of sp³-hybridized carbons (Fsp3) is 0.478. The zero-order valence-corrected chi connectivity index (χ0v) is 20.2. The summed E-state index contributed by atoms with van der Waals surface area (Å²) in [6.07, 6.45) is -0.673. The van der Waals surface area contributed by atoms with Crippen molar-refractivity contribution in [2.24, 2.45) is 13.0 Å². The number of nitrogens with zero attached hydrogens (tertiary/aromatic N) is 6. The molecule has 1 aliphatic carbocycles. The lowest BCUT2D eigenvalue weighted by Gasteiger charge is -2.27. The zero-order chi connectivity index (χ0) is 26.6. The Labute approximate surface area is 210 Å². The van der Waals surface area contributed by atoms with Gasteiger partial charge in [-0.05, 0) is 44.7 Å². The molecule has 0 aromatic carbocycles. The topological polar surface area (TPSA) is 137 Å². The molecule has 1 saturated carbocycles. The summed E-state index contributed by atoms with van der Waals surface area (Å²) < 4.78 is 49.5. The van der Waals surface area contributed by atoms with Crippen LogP contribution in [-0.4, -0.2) is 59.9 Å². The number of carboxylic acid groups (broad SMARTS) is 1. The van der Waals surface area contributed by atoms with Gasteiger partial charge in [0.2, 0.25) is 11.8 Å². The first-order chi connectivity index (χ1) is 17.6. The fourth-order valence-electron chi connectivity index (χ4n) is 4.06. The molecule has 11 nitrogen and oxygen atoms in total. The molecule has 0 radical (unpaired) electrons. The summed E-state index contributed by atoms with van der Waals surface area (Å²) in [5, 5.41) is 20.5. The lowest BCUT2D eigenvalue weighted by molar-refractivity contribution is -0.154. The van der Waals surface area contributed by atoms with Crippen molar-refractivity contribution in [1.82, 2.24) is 29.9 Å². The molecule has 0 amide bonds. The van der Waals surface area contributed by atoms with E-state index in [1.807, 2.05) is 0 Å². The fourth-order valence-corrected chi connectivity index (χ4v) is 4.06. The number of halogens is 3. The third kappa shape index (κ3) is 6.83. The summed E-state index contributed by atoms with van der Waals surface area (Å²) in [4.78, 5) is 23.9. The number of alkyl halides is 3. The van der Waals surface area contributed by atoms with Gasteiger partial charge in [0.25, 0.3) is 0 Å². The van der Waals surface area contributed by atoms with E-state index in [9.17, 15) is 23.1 Å². The minimum atomic E-state index is -4.48. The van der Waals surface area contributed by atoms with Crippen molar-refractivity contribution < 1.29 is 32.5 Å². The molecule has 0 unspecified atom stereocenters. The summed E-state index contributed by atoms with van der Waals surface area (Å²) in [5.74, 6) is -0.756. The Morgan fingerprint density at radius 1 is 1.24 bits per heavy atom. The second-order valence-corrected chi connectivity index (χ2v) is 8.71. The number of aliphatic carboxylic acids is 1. The van der Waals surface area contributed by atoms with E-state index in [4.69, 9.17) is 4.74 Å². The molecule has 0 saturated heterocycles. The van der Waals surface area contributed by atoms with E-state index in [-0.39, 0.29) is 24.5 Å². The van der Waals surface area contributed by atoms with Crippen molar-refractivity contribution >= 4 is 11.9 Å². The largest absolute Gasteiger partial charge is 0.489 e. The van der Waals surface area contributed by atoms with Crippen molar-refractivity contribution in [3.63, 3.8) is 0 Å². The van der Waals surface area contributed by atoms with Crippen LogP contribution < -0.4 is 14.8 Å². The normalized spacial score (nSPS) is 17.9. The van der Waals surface area contributed by atoms with E-state index in [0.29, 0.717) is 41.4 Å². The van der Waals surface area contributed by atoms with Gasteiger partial charge in [0, 0.05) is 19.3 Å². The molecule has 0 bridgehead atoms. The molecule has 1 aliphatic rings. The Balaban J connectivity index is 1.44. The highest BCUT2D eigenvalue weighted by molar-refractivity contribution is 5.70. The Morgan fingerprint density at radius 3 is 2.78 bits per heavy atom. The minimum absolute atomic E-state index is 0.0758. The van der Waals surface area contributed by atoms with Crippen LogP contribution in [0.15, 0.2) is 24.4 Å². The average Bonchev–Trinajstić information content (AvgIpc) is 3.23. The van der Waals surface area contributed by atoms with Gasteiger partial charge >= 0.3 is 12.1 Å². The van der Waals surface area contributed by atoms with E-state index in [0.717, 1.165) is 12.8 Å². The lowest BCUT2D eigenvalue weighted by atomic mass is 9.87. The molecule has 14 heteroatoms. The number of pyridine rings is 1. The summed E-state index contributed by atoms with van der Waals surface area (Å²) in [5.41, 5.74) is 2.31. The van der Waals surface area contributed by atoms with Crippen LogP contribution in [0.2, 0.25) is 0 Å². The summed E-state index contributed by atoms with van der Waals surface area (Å²) >= 11 is 0. The first-order valence-corrected chi connectivity index (χ1v) is 11.6. The van der Waals surface area contributed by atoms with Crippen LogP contribution in [0.4, 0.5) is 19.1 Å². The molecule has 2 atom stereocenters. The van der Waals surface area contributed by atoms with Gasteiger partial charge in [0.15, 0.2) is 6.61 Å². The van der Waals surface area contributed by atoms with Gasteiger partial charge < -0.3 is 19.9 Å². The van der Waals surface area contributed by atoms with Crippen LogP contribution in [0.3, 0.4) is 0 Å². The van der Waals surface area contributed by atoms with Crippen LogP contribution in [0, 0.1) is 12.8 Å². The molecule has 3 heterocycles. The second kappa shape index (κ2) is 11.0. The monoisotopic (exact) mass is 521 g/mol. The highest BCUT2D eigenvalue weighted by Gasteiger charge is 2.29. The average molecular weight is 522 g/mol. The SMILES string of the molecule is Cc1nc(-c2nnn(C)c2CNc2nccc(OCC(F)(F)F)n2)ccc1O[C@H]1CCC[C@H](C(=O)O)C1. The number of carbonyl (C=O) groups is 1. The first kappa shape index (κ1) is 26.1.